The second-order valence-electron chi connectivity index (χ2n) is 6.85. The molecule has 4 aromatic rings. The number of aromatic nitrogens is 4. The summed E-state index contributed by atoms with van der Waals surface area (Å²) in [5, 5.41) is 7.79. The van der Waals surface area contributed by atoms with Crippen molar-refractivity contribution >= 4 is 0 Å². The number of nitrogens with one attached hydrogen (secondary N) is 1. The summed E-state index contributed by atoms with van der Waals surface area (Å²) in [6.07, 6.45) is 5.46. The summed E-state index contributed by atoms with van der Waals surface area (Å²) >= 11 is 0. The van der Waals surface area contributed by atoms with Gasteiger partial charge in [-0.15, -0.1) is 0 Å². The first kappa shape index (κ1) is 19.0. The van der Waals surface area contributed by atoms with E-state index in [4.69, 9.17) is 0 Å². The van der Waals surface area contributed by atoms with E-state index in [2.05, 4.69) is 15.4 Å². The van der Waals surface area contributed by atoms with Crippen LogP contribution in [0.3, 0.4) is 0 Å². The van der Waals surface area contributed by atoms with Gasteiger partial charge in [-0.1, -0.05) is 6.07 Å². The van der Waals surface area contributed by atoms with Crippen molar-refractivity contribution in [2.45, 2.75) is 26.4 Å². The number of benzene rings is 1. The Morgan fingerprint density at radius 2 is 1.97 bits per heavy atom. The van der Waals surface area contributed by atoms with Crippen molar-refractivity contribution in [1.29, 1.82) is 0 Å². The molecule has 0 saturated heterocycles. The summed E-state index contributed by atoms with van der Waals surface area (Å²) in [4.78, 5) is 4.39. The molecule has 0 fully saturated rings. The van der Waals surface area contributed by atoms with E-state index in [0.717, 1.165) is 28.8 Å². The normalized spacial score (nSPS) is 12.3. The zero-order chi connectivity index (χ0) is 20.4. The lowest BCUT2D eigenvalue weighted by Gasteiger charge is -2.15. The predicted molar refractivity (Wildman–Crippen MR) is 107 cm³/mol. The maximum absolute atomic E-state index is 14.1. The molecule has 7 heteroatoms. The third-order valence-corrected chi connectivity index (χ3v) is 4.97. The van der Waals surface area contributed by atoms with Gasteiger partial charge in [-0.25, -0.2) is 18.4 Å². The number of hydrogen-bond acceptors (Lipinski definition) is 3. The number of rotatable bonds is 6. The highest BCUT2D eigenvalue weighted by molar-refractivity contribution is 5.37. The number of hydrogen-bond donors (Lipinski definition) is 1. The molecule has 0 saturated carbocycles. The van der Waals surface area contributed by atoms with Crippen LogP contribution in [0.1, 0.15) is 29.9 Å². The molecule has 0 aliphatic rings. The van der Waals surface area contributed by atoms with Crippen LogP contribution in [0, 0.1) is 18.6 Å². The molecular formula is C22H21F2N5. The Bertz CT molecular complexity index is 1120. The van der Waals surface area contributed by atoms with E-state index in [-0.39, 0.29) is 11.7 Å². The maximum atomic E-state index is 14.1. The van der Waals surface area contributed by atoms with Crippen molar-refractivity contribution in [1.82, 2.24) is 24.6 Å². The molecule has 3 aromatic heterocycles. The zero-order valence-corrected chi connectivity index (χ0v) is 16.2. The van der Waals surface area contributed by atoms with Gasteiger partial charge in [0.25, 0.3) is 0 Å². The molecule has 0 amide bonds. The maximum Gasteiger partial charge on any atom is 0.151 e. The second kappa shape index (κ2) is 7.97. The Morgan fingerprint density at radius 1 is 1.10 bits per heavy atom. The molecule has 5 nitrogen and oxygen atoms in total. The standard InChI is InChI=1S/C22H21F2N5/c1-15(26-13-18-6-5-11-28(18)22-7-3-4-10-25-22)19-14-27-29(16(19)2)21-9-8-17(23)12-20(21)24/h3-12,14-15,26H,13H2,1-2H3/t15-/m1/s1. The molecule has 0 unspecified atom stereocenters. The zero-order valence-electron chi connectivity index (χ0n) is 16.2. The minimum Gasteiger partial charge on any atom is -0.305 e. The third kappa shape index (κ3) is 3.82. The monoisotopic (exact) mass is 393 g/mol. The minimum absolute atomic E-state index is 0.0145. The third-order valence-electron chi connectivity index (χ3n) is 4.97. The molecule has 1 aromatic carbocycles. The molecule has 0 spiro atoms. The predicted octanol–water partition coefficient (Wildman–Crippen LogP) is 4.50. The molecule has 148 valence electrons. The van der Waals surface area contributed by atoms with Crippen LogP contribution in [-0.4, -0.2) is 19.3 Å². The van der Waals surface area contributed by atoms with Gasteiger partial charge in [0.1, 0.15) is 17.3 Å². The SMILES string of the molecule is Cc1c([C@@H](C)NCc2cccn2-c2ccccn2)cnn1-c1ccc(F)cc1F. The quantitative estimate of drug-likeness (QED) is 0.525. The Labute approximate surface area is 167 Å². The van der Waals surface area contributed by atoms with E-state index >= 15 is 0 Å². The van der Waals surface area contributed by atoms with Crippen molar-refractivity contribution in [2.75, 3.05) is 0 Å². The molecule has 29 heavy (non-hydrogen) atoms. The van der Waals surface area contributed by atoms with E-state index < -0.39 is 11.6 Å². The Balaban J connectivity index is 1.51. The van der Waals surface area contributed by atoms with E-state index in [9.17, 15) is 8.78 Å². The summed E-state index contributed by atoms with van der Waals surface area (Å²) in [5.74, 6) is -0.392. The smallest absolute Gasteiger partial charge is 0.151 e. The van der Waals surface area contributed by atoms with Gasteiger partial charge in [0, 0.05) is 48.0 Å². The first-order valence-corrected chi connectivity index (χ1v) is 9.35. The highest BCUT2D eigenvalue weighted by Crippen LogP contribution is 2.23. The summed E-state index contributed by atoms with van der Waals surface area (Å²) < 4.78 is 30.9. The van der Waals surface area contributed by atoms with Crippen molar-refractivity contribution in [3.63, 3.8) is 0 Å². The van der Waals surface area contributed by atoms with Crippen molar-refractivity contribution < 1.29 is 8.78 Å². The van der Waals surface area contributed by atoms with Crippen molar-refractivity contribution in [3.8, 4) is 11.5 Å². The molecule has 3 heterocycles. The van der Waals surface area contributed by atoms with E-state index in [0.29, 0.717) is 6.54 Å². The van der Waals surface area contributed by atoms with Crippen LogP contribution in [0.5, 0.6) is 0 Å². The van der Waals surface area contributed by atoms with E-state index in [1.807, 2.05) is 54.9 Å². The van der Waals surface area contributed by atoms with Gasteiger partial charge >= 0.3 is 0 Å². The van der Waals surface area contributed by atoms with Crippen LogP contribution >= 0.6 is 0 Å². The van der Waals surface area contributed by atoms with Gasteiger partial charge in [0.05, 0.1) is 6.20 Å². The fourth-order valence-corrected chi connectivity index (χ4v) is 3.39. The van der Waals surface area contributed by atoms with Crippen LogP contribution < -0.4 is 5.32 Å². The average molecular weight is 393 g/mol. The molecule has 0 radical (unpaired) electrons. The van der Waals surface area contributed by atoms with Crippen molar-refractivity contribution in [3.05, 3.63) is 95.7 Å². The molecule has 0 aliphatic heterocycles. The number of nitrogens with zero attached hydrogens (tertiary/aromatic N) is 4. The van der Waals surface area contributed by atoms with Crippen molar-refractivity contribution in [2.24, 2.45) is 0 Å². The Hall–Kier alpha value is -3.32. The highest BCUT2D eigenvalue weighted by Gasteiger charge is 2.17. The van der Waals surface area contributed by atoms with E-state index in [1.54, 1.807) is 12.4 Å². The van der Waals surface area contributed by atoms with Gasteiger partial charge in [0.2, 0.25) is 0 Å². The summed E-state index contributed by atoms with van der Waals surface area (Å²) in [6.45, 7) is 4.53. The van der Waals surface area contributed by atoms with Crippen LogP contribution in [-0.2, 0) is 6.54 Å². The number of pyridine rings is 1. The van der Waals surface area contributed by atoms with Crippen LogP contribution in [0.4, 0.5) is 8.78 Å². The van der Waals surface area contributed by atoms with Crippen LogP contribution in [0.25, 0.3) is 11.5 Å². The van der Waals surface area contributed by atoms with Crippen LogP contribution in [0.2, 0.25) is 0 Å². The lowest BCUT2D eigenvalue weighted by atomic mass is 10.1. The molecule has 0 bridgehead atoms. The topological polar surface area (TPSA) is 47.7 Å². The summed E-state index contributed by atoms with van der Waals surface area (Å²) in [6, 6.07) is 13.3. The Kier molecular flexibility index (Phi) is 5.22. The minimum atomic E-state index is -0.642. The first-order valence-electron chi connectivity index (χ1n) is 9.35. The number of halogens is 2. The Morgan fingerprint density at radius 3 is 2.72 bits per heavy atom. The summed E-state index contributed by atoms with van der Waals surface area (Å²) in [7, 11) is 0. The fraction of sp³-hybridized carbons (Fsp3) is 0.182. The second-order valence-corrected chi connectivity index (χ2v) is 6.85. The lowest BCUT2D eigenvalue weighted by molar-refractivity contribution is 0.558. The molecule has 1 atom stereocenters. The van der Waals surface area contributed by atoms with Crippen LogP contribution in [0.15, 0.2) is 67.1 Å². The fourth-order valence-electron chi connectivity index (χ4n) is 3.39. The molecular weight excluding hydrogens is 372 g/mol. The van der Waals surface area contributed by atoms with Gasteiger partial charge in [-0.05, 0) is 50.2 Å². The largest absolute Gasteiger partial charge is 0.305 e. The molecule has 1 N–H and O–H groups in total. The van der Waals surface area contributed by atoms with Gasteiger partial charge < -0.3 is 9.88 Å². The van der Waals surface area contributed by atoms with Gasteiger partial charge in [-0.3, -0.25) is 0 Å². The summed E-state index contributed by atoms with van der Waals surface area (Å²) in [5.41, 5.74) is 3.05. The highest BCUT2D eigenvalue weighted by atomic mass is 19.1. The van der Waals surface area contributed by atoms with Gasteiger partial charge in [0.15, 0.2) is 5.82 Å². The first-order chi connectivity index (χ1) is 14.0. The molecule has 4 rings (SSSR count). The molecule has 0 aliphatic carbocycles. The lowest BCUT2D eigenvalue weighted by Crippen LogP contribution is -2.20. The van der Waals surface area contributed by atoms with Gasteiger partial charge in [-0.2, -0.15) is 5.10 Å². The average Bonchev–Trinajstić information content (AvgIpc) is 3.34. The van der Waals surface area contributed by atoms with E-state index in [1.165, 1.54) is 16.8 Å².